The number of benzene rings is 2. The van der Waals surface area contributed by atoms with Crippen LogP contribution in [-0.4, -0.2) is 43.8 Å². The Morgan fingerprint density at radius 1 is 1.08 bits per heavy atom. The Balaban J connectivity index is 1.36. The van der Waals surface area contributed by atoms with E-state index in [0.717, 1.165) is 24.0 Å². The van der Waals surface area contributed by atoms with E-state index in [1.54, 1.807) is 34.6 Å². The molecule has 1 saturated carbocycles. The minimum Gasteiger partial charge on any atom is -0.350 e. The van der Waals surface area contributed by atoms with Crippen LogP contribution in [-0.2, 0) is 24.4 Å². The average molecular weight is 490 g/mol. The Bertz CT molecular complexity index is 1330. The maximum atomic E-state index is 13.9. The van der Waals surface area contributed by atoms with Gasteiger partial charge in [-0.05, 0) is 38.3 Å². The molecule has 1 atom stereocenters. The number of nitrogens with one attached hydrogen (secondary N) is 2. The van der Waals surface area contributed by atoms with Crippen LogP contribution < -0.4 is 10.6 Å². The highest BCUT2D eigenvalue weighted by Crippen LogP contribution is 2.38. The third-order valence-electron chi connectivity index (χ3n) is 6.86. The number of fused-ring (bicyclic) bond motifs is 1. The molecule has 9 heteroatoms. The molecule has 8 nitrogen and oxygen atoms in total. The topological polar surface area (TPSA) is 96.3 Å². The van der Waals surface area contributed by atoms with E-state index in [0.29, 0.717) is 12.1 Å². The lowest BCUT2D eigenvalue weighted by atomic mass is 9.93. The van der Waals surface area contributed by atoms with Gasteiger partial charge in [-0.15, -0.1) is 0 Å². The summed E-state index contributed by atoms with van der Waals surface area (Å²) >= 11 is 0. The zero-order chi connectivity index (χ0) is 25.4. The van der Waals surface area contributed by atoms with Gasteiger partial charge in [0.25, 0.3) is 11.8 Å². The summed E-state index contributed by atoms with van der Waals surface area (Å²) in [6.07, 6.45) is 3.02. The molecule has 1 aliphatic carbocycles. The second kappa shape index (κ2) is 9.22. The smallest absolute Gasteiger partial charge is 0.274 e. The number of aromatic nitrogens is 2. The van der Waals surface area contributed by atoms with Crippen molar-refractivity contribution >= 4 is 17.7 Å². The number of carbonyl (C=O) groups excluding carboxylic acids is 3. The van der Waals surface area contributed by atoms with Crippen LogP contribution in [0.25, 0.3) is 0 Å². The van der Waals surface area contributed by atoms with Crippen LogP contribution in [0.4, 0.5) is 4.39 Å². The van der Waals surface area contributed by atoms with Crippen molar-refractivity contribution in [1.29, 1.82) is 0 Å². The molecule has 0 radical (unpaired) electrons. The van der Waals surface area contributed by atoms with Crippen molar-refractivity contribution in [2.75, 3.05) is 0 Å². The lowest BCUT2D eigenvalue weighted by Gasteiger charge is -2.44. The molecule has 2 aromatic carbocycles. The van der Waals surface area contributed by atoms with E-state index in [2.05, 4.69) is 15.6 Å². The number of nitrogens with zero attached hydrogens (tertiary/aromatic N) is 3. The lowest BCUT2D eigenvalue weighted by molar-refractivity contribution is -0.133. The zero-order valence-electron chi connectivity index (χ0n) is 20.3. The number of halogens is 1. The van der Waals surface area contributed by atoms with Gasteiger partial charge in [-0.1, -0.05) is 48.0 Å². The molecular formula is C27H28FN5O3. The van der Waals surface area contributed by atoms with Gasteiger partial charge in [-0.25, -0.2) is 9.37 Å². The van der Waals surface area contributed by atoms with E-state index in [1.807, 2.05) is 31.2 Å². The summed E-state index contributed by atoms with van der Waals surface area (Å²) in [5.74, 6) is -1.64. The number of carbonyl (C=O) groups is 3. The van der Waals surface area contributed by atoms with Gasteiger partial charge in [-0.3, -0.25) is 14.4 Å². The Morgan fingerprint density at radius 3 is 2.50 bits per heavy atom. The summed E-state index contributed by atoms with van der Waals surface area (Å²) in [5, 5.41) is 5.64. The number of aryl methyl sites for hydroxylation is 1. The van der Waals surface area contributed by atoms with E-state index in [-0.39, 0.29) is 36.4 Å². The minimum atomic E-state index is -1.13. The van der Waals surface area contributed by atoms with Gasteiger partial charge >= 0.3 is 0 Å². The molecular weight excluding hydrogens is 461 g/mol. The maximum Gasteiger partial charge on any atom is 0.274 e. The highest BCUT2D eigenvalue weighted by Gasteiger charge is 2.53. The first-order valence-electron chi connectivity index (χ1n) is 12.0. The average Bonchev–Trinajstić information content (AvgIpc) is 3.60. The lowest BCUT2D eigenvalue weighted by Crippen LogP contribution is -2.64. The number of hydrogen-bond donors (Lipinski definition) is 2. The third kappa shape index (κ3) is 4.36. The molecule has 36 heavy (non-hydrogen) atoms. The van der Waals surface area contributed by atoms with E-state index in [4.69, 9.17) is 0 Å². The molecule has 0 bridgehead atoms. The first-order valence-corrected chi connectivity index (χ1v) is 12.0. The van der Waals surface area contributed by atoms with Gasteiger partial charge < -0.3 is 20.1 Å². The Labute approximate surface area is 208 Å². The van der Waals surface area contributed by atoms with Crippen LogP contribution in [0.3, 0.4) is 0 Å². The fourth-order valence-electron chi connectivity index (χ4n) is 4.70. The Morgan fingerprint density at radius 2 is 1.81 bits per heavy atom. The highest BCUT2D eigenvalue weighted by molar-refractivity contribution is 6.07. The molecule has 2 aliphatic rings. The molecule has 1 aliphatic heterocycles. The highest BCUT2D eigenvalue weighted by atomic mass is 19.1. The van der Waals surface area contributed by atoms with E-state index in [9.17, 15) is 18.8 Å². The van der Waals surface area contributed by atoms with Crippen LogP contribution in [0.5, 0.6) is 0 Å². The molecule has 1 aromatic heterocycles. The molecule has 186 valence electrons. The first kappa shape index (κ1) is 23.7. The number of hydrogen-bond acceptors (Lipinski definition) is 4. The van der Waals surface area contributed by atoms with Gasteiger partial charge in [-0.2, -0.15) is 0 Å². The molecule has 2 N–H and O–H groups in total. The van der Waals surface area contributed by atoms with Crippen LogP contribution >= 0.6 is 0 Å². The quantitative estimate of drug-likeness (QED) is 0.533. The normalized spacial score (nSPS) is 19.1. The Kier molecular flexibility index (Phi) is 6.07. The number of rotatable bonds is 7. The summed E-state index contributed by atoms with van der Waals surface area (Å²) in [4.78, 5) is 45.9. The van der Waals surface area contributed by atoms with Gasteiger partial charge in [0, 0.05) is 24.7 Å². The predicted molar refractivity (Wildman–Crippen MR) is 130 cm³/mol. The second-order valence-corrected chi connectivity index (χ2v) is 9.69. The molecule has 3 aromatic rings. The number of imidazole rings is 1. The SMILES string of the molecule is Cc1ccc(CNC(=O)[C@@]2(C)Cn3cnc(C(=O)NCc4ccccc4F)c3C(=O)N2C2CC2)cc1. The largest absolute Gasteiger partial charge is 0.350 e. The Hall–Kier alpha value is -4.01. The summed E-state index contributed by atoms with van der Waals surface area (Å²) in [6, 6.07) is 14.0. The molecule has 5 rings (SSSR count). The van der Waals surface area contributed by atoms with Crippen molar-refractivity contribution in [3.05, 3.63) is 88.8 Å². The van der Waals surface area contributed by atoms with Gasteiger partial charge in [0.2, 0.25) is 5.91 Å². The van der Waals surface area contributed by atoms with Crippen LogP contribution in [0.15, 0.2) is 54.9 Å². The fourth-order valence-corrected chi connectivity index (χ4v) is 4.70. The van der Waals surface area contributed by atoms with Crippen molar-refractivity contribution in [3.8, 4) is 0 Å². The zero-order valence-corrected chi connectivity index (χ0v) is 20.3. The summed E-state index contributed by atoms with van der Waals surface area (Å²) in [5.41, 5.74) is 1.44. The fraction of sp³-hybridized carbons (Fsp3) is 0.333. The van der Waals surface area contributed by atoms with Crippen molar-refractivity contribution < 1.29 is 18.8 Å². The minimum absolute atomic E-state index is 0.0240. The summed E-state index contributed by atoms with van der Waals surface area (Å²) < 4.78 is 15.5. The summed E-state index contributed by atoms with van der Waals surface area (Å²) in [7, 11) is 0. The van der Waals surface area contributed by atoms with Crippen LogP contribution in [0.1, 0.15) is 57.4 Å². The monoisotopic (exact) mass is 489 g/mol. The predicted octanol–water partition coefficient (Wildman–Crippen LogP) is 2.95. The van der Waals surface area contributed by atoms with E-state index in [1.165, 1.54) is 12.4 Å². The molecule has 0 spiro atoms. The van der Waals surface area contributed by atoms with E-state index < -0.39 is 23.2 Å². The first-order chi connectivity index (χ1) is 17.3. The maximum absolute atomic E-state index is 13.9. The molecule has 1 fully saturated rings. The van der Waals surface area contributed by atoms with Crippen LogP contribution in [0, 0.1) is 12.7 Å². The standard InChI is InChI=1S/C27H28FN5O3/c1-17-7-9-18(10-8-17)13-30-26(36)27(2)15-32-16-31-22(23(32)25(35)33(27)20-11-12-20)24(34)29-14-19-5-3-4-6-21(19)28/h3-10,16,20H,11-15H2,1-2H3,(H,29,34)(H,30,36)/t27-/m1/s1. The summed E-state index contributed by atoms with van der Waals surface area (Å²) in [6.45, 7) is 4.26. The van der Waals surface area contributed by atoms with Crippen molar-refractivity contribution in [1.82, 2.24) is 25.1 Å². The second-order valence-electron chi connectivity index (χ2n) is 9.69. The van der Waals surface area contributed by atoms with E-state index >= 15 is 0 Å². The molecule has 3 amide bonds. The number of amides is 3. The molecule has 0 saturated heterocycles. The molecule has 2 heterocycles. The van der Waals surface area contributed by atoms with Gasteiger partial charge in [0.1, 0.15) is 17.1 Å². The van der Waals surface area contributed by atoms with Crippen molar-refractivity contribution in [2.45, 2.75) is 57.9 Å². The van der Waals surface area contributed by atoms with Crippen molar-refractivity contribution in [3.63, 3.8) is 0 Å². The molecule has 0 unspecified atom stereocenters. The van der Waals surface area contributed by atoms with Gasteiger partial charge in [0.05, 0.1) is 12.9 Å². The van der Waals surface area contributed by atoms with Gasteiger partial charge in [0.15, 0.2) is 5.69 Å². The third-order valence-corrected chi connectivity index (χ3v) is 6.86. The van der Waals surface area contributed by atoms with Crippen LogP contribution in [0.2, 0.25) is 0 Å². The van der Waals surface area contributed by atoms with Crippen molar-refractivity contribution in [2.24, 2.45) is 0 Å².